The number of benzene rings is 1. The van der Waals surface area contributed by atoms with Crippen LogP contribution in [0.5, 0.6) is 5.75 Å². The Morgan fingerprint density at radius 3 is 2.77 bits per heavy atom. The Bertz CT molecular complexity index is 1120. The predicted octanol–water partition coefficient (Wildman–Crippen LogP) is 2.14. The maximum absolute atomic E-state index is 12.3. The zero-order valence-corrected chi connectivity index (χ0v) is 17.2. The maximum atomic E-state index is 12.3. The number of morpholine rings is 1. The molecule has 0 spiro atoms. The molecule has 1 amide bonds. The molecule has 4 heterocycles. The summed E-state index contributed by atoms with van der Waals surface area (Å²) in [6, 6.07) is 11.3. The molecule has 1 aromatic carbocycles. The van der Waals surface area contributed by atoms with Gasteiger partial charge in [0.2, 0.25) is 5.91 Å². The fraction of sp³-hybridized carbons (Fsp3) is 0.348. The molecule has 160 valence electrons. The average molecular weight is 419 g/mol. The van der Waals surface area contributed by atoms with Crippen molar-refractivity contribution >= 4 is 16.9 Å². The number of carbonyl (C=O) groups is 1. The summed E-state index contributed by atoms with van der Waals surface area (Å²) in [5.74, 6) is 0.261. The molecule has 2 aliphatic heterocycles. The van der Waals surface area contributed by atoms with Gasteiger partial charge in [-0.2, -0.15) is 0 Å². The van der Waals surface area contributed by atoms with E-state index in [-0.39, 0.29) is 23.6 Å². The molecule has 0 unspecified atom stereocenters. The SMILES string of the molecule is C=CC(=O)N1C[C@H](c2cc3cc(-c4ccccc4O)nnc3[nH]2)[C@H](N2CCOCC2)C1. The Kier molecular flexibility index (Phi) is 5.17. The molecule has 0 bridgehead atoms. The number of fused-ring (bicyclic) bond motifs is 1. The normalized spacial score (nSPS) is 22.1. The van der Waals surface area contributed by atoms with Crippen LogP contribution in [0.3, 0.4) is 0 Å². The average Bonchev–Trinajstić information content (AvgIpc) is 3.43. The number of aromatic hydroxyl groups is 1. The number of hydrogen-bond donors (Lipinski definition) is 2. The first-order valence-electron chi connectivity index (χ1n) is 10.5. The summed E-state index contributed by atoms with van der Waals surface area (Å²) in [7, 11) is 0. The van der Waals surface area contributed by atoms with Gasteiger partial charge < -0.3 is 19.7 Å². The van der Waals surface area contributed by atoms with Gasteiger partial charge in [-0.25, -0.2) is 0 Å². The lowest BCUT2D eigenvalue weighted by Crippen LogP contribution is -2.47. The van der Waals surface area contributed by atoms with Gasteiger partial charge in [0.1, 0.15) is 5.75 Å². The fourth-order valence-electron chi connectivity index (χ4n) is 4.66. The molecule has 3 aromatic rings. The summed E-state index contributed by atoms with van der Waals surface area (Å²) < 4.78 is 5.52. The van der Waals surface area contributed by atoms with Crippen LogP contribution in [0.15, 0.2) is 49.1 Å². The molecule has 2 aliphatic rings. The van der Waals surface area contributed by atoms with E-state index in [2.05, 4.69) is 32.7 Å². The van der Waals surface area contributed by atoms with E-state index in [1.54, 1.807) is 12.1 Å². The van der Waals surface area contributed by atoms with Gasteiger partial charge in [-0.3, -0.25) is 9.69 Å². The van der Waals surface area contributed by atoms with Gasteiger partial charge in [0.05, 0.1) is 18.9 Å². The van der Waals surface area contributed by atoms with E-state index in [0.717, 1.165) is 24.2 Å². The van der Waals surface area contributed by atoms with Crippen LogP contribution in [0.2, 0.25) is 0 Å². The Morgan fingerprint density at radius 2 is 2.00 bits per heavy atom. The number of aromatic amines is 1. The number of likely N-dealkylation sites (tertiary alicyclic amines) is 1. The largest absolute Gasteiger partial charge is 0.507 e. The van der Waals surface area contributed by atoms with Crippen LogP contribution in [-0.2, 0) is 9.53 Å². The number of phenols is 1. The van der Waals surface area contributed by atoms with Crippen molar-refractivity contribution in [3.63, 3.8) is 0 Å². The number of nitrogens with one attached hydrogen (secondary N) is 1. The Hall–Kier alpha value is -3.23. The first-order chi connectivity index (χ1) is 15.1. The quantitative estimate of drug-likeness (QED) is 0.630. The number of rotatable bonds is 4. The Balaban J connectivity index is 1.49. The molecule has 8 nitrogen and oxygen atoms in total. The number of nitrogens with zero attached hydrogens (tertiary/aromatic N) is 4. The van der Waals surface area contributed by atoms with Gasteiger partial charge in [0, 0.05) is 54.8 Å². The summed E-state index contributed by atoms with van der Waals surface area (Å²) in [5.41, 5.74) is 3.00. The third-order valence-electron chi connectivity index (χ3n) is 6.27. The van der Waals surface area contributed by atoms with Gasteiger partial charge in [0.15, 0.2) is 5.65 Å². The fourth-order valence-corrected chi connectivity index (χ4v) is 4.66. The third kappa shape index (κ3) is 3.68. The smallest absolute Gasteiger partial charge is 0.246 e. The van der Waals surface area contributed by atoms with E-state index < -0.39 is 0 Å². The minimum absolute atomic E-state index is 0.0431. The minimum atomic E-state index is -0.0431. The highest BCUT2D eigenvalue weighted by Gasteiger charge is 2.40. The zero-order valence-electron chi connectivity index (χ0n) is 17.2. The summed E-state index contributed by atoms with van der Waals surface area (Å²) in [4.78, 5) is 20.0. The molecular weight excluding hydrogens is 394 g/mol. The van der Waals surface area contributed by atoms with E-state index in [4.69, 9.17) is 4.74 Å². The molecule has 31 heavy (non-hydrogen) atoms. The molecule has 0 aliphatic carbocycles. The van der Waals surface area contributed by atoms with Gasteiger partial charge in [-0.1, -0.05) is 18.7 Å². The van der Waals surface area contributed by atoms with Crippen molar-refractivity contribution in [1.29, 1.82) is 0 Å². The molecule has 2 fully saturated rings. The molecule has 2 aromatic heterocycles. The number of aromatic nitrogens is 3. The second-order valence-corrected chi connectivity index (χ2v) is 8.04. The highest BCUT2D eigenvalue weighted by atomic mass is 16.5. The Morgan fingerprint density at radius 1 is 1.19 bits per heavy atom. The Labute approximate surface area is 180 Å². The maximum Gasteiger partial charge on any atom is 0.246 e. The van der Waals surface area contributed by atoms with Crippen LogP contribution in [0.25, 0.3) is 22.3 Å². The number of para-hydroxylation sites is 1. The molecule has 8 heteroatoms. The summed E-state index contributed by atoms with van der Waals surface area (Å²) in [6.45, 7) is 8.07. The van der Waals surface area contributed by atoms with Crippen molar-refractivity contribution in [2.24, 2.45) is 0 Å². The van der Waals surface area contributed by atoms with Gasteiger partial charge in [-0.05, 0) is 30.3 Å². The highest BCUT2D eigenvalue weighted by molar-refractivity contribution is 5.87. The molecule has 2 saturated heterocycles. The summed E-state index contributed by atoms with van der Waals surface area (Å²) in [5, 5.41) is 19.7. The van der Waals surface area contributed by atoms with Crippen LogP contribution in [-0.4, -0.2) is 81.4 Å². The standard InChI is InChI=1S/C23H25N5O3/c1-2-22(30)28-13-17(20(14-28)27-7-9-31-10-8-27)18-11-15-12-19(25-26-23(15)24-18)16-5-3-4-6-21(16)29/h2-6,11-12,17,20,29H,1,7-10,13-14H2,(H,24,26)/t17-,20-/m1/s1. The van der Waals surface area contributed by atoms with E-state index >= 15 is 0 Å². The van der Waals surface area contributed by atoms with Crippen LogP contribution in [0.4, 0.5) is 0 Å². The zero-order chi connectivity index (χ0) is 21.4. The van der Waals surface area contributed by atoms with Crippen molar-refractivity contribution in [2.75, 3.05) is 39.4 Å². The predicted molar refractivity (Wildman–Crippen MR) is 117 cm³/mol. The summed E-state index contributed by atoms with van der Waals surface area (Å²) in [6.07, 6.45) is 1.38. The third-order valence-corrected chi connectivity index (χ3v) is 6.27. The topological polar surface area (TPSA) is 94.6 Å². The van der Waals surface area contributed by atoms with Crippen LogP contribution in [0, 0.1) is 0 Å². The van der Waals surface area contributed by atoms with Crippen molar-refractivity contribution in [3.8, 4) is 17.0 Å². The molecule has 0 radical (unpaired) electrons. The second-order valence-electron chi connectivity index (χ2n) is 8.04. The van der Waals surface area contributed by atoms with Crippen LogP contribution in [0.1, 0.15) is 11.6 Å². The molecule has 5 rings (SSSR count). The van der Waals surface area contributed by atoms with Crippen molar-refractivity contribution < 1.29 is 14.6 Å². The van der Waals surface area contributed by atoms with E-state index in [1.165, 1.54) is 6.08 Å². The number of H-pyrrole nitrogens is 1. The first kappa shape index (κ1) is 19.7. The minimum Gasteiger partial charge on any atom is -0.507 e. The van der Waals surface area contributed by atoms with Crippen molar-refractivity contribution in [1.82, 2.24) is 25.0 Å². The number of hydrogen-bond acceptors (Lipinski definition) is 6. The van der Waals surface area contributed by atoms with E-state index in [0.29, 0.717) is 43.2 Å². The number of carbonyl (C=O) groups excluding carboxylic acids is 1. The molecule has 0 saturated carbocycles. The second kappa shape index (κ2) is 8.13. The number of ether oxygens (including phenoxy) is 1. The van der Waals surface area contributed by atoms with Crippen molar-refractivity contribution in [2.45, 2.75) is 12.0 Å². The van der Waals surface area contributed by atoms with Crippen molar-refractivity contribution in [3.05, 3.63) is 54.7 Å². The summed E-state index contributed by atoms with van der Waals surface area (Å²) >= 11 is 0. The van der Waals surface area contributed by atoms with E-state index in [9.17, 15) is 9.90 Å². The lowest BCUT2D eigenvalue weighted by atomic mass is 9.98. The van der Waals surface area contributed by atoms with Gasteiger partial charge in [0.25, 0.3) is 0 Å². The molecule has 2 atom stereocenters. The van der Waals surface area contributed by atoms with Crippen LogP contribution >= 0.6 is 0 Å². The van der Waals surface area contributed by atoms with Crippen LogP contribution < -0.4 is 0 Å². The monoisotopic (exact) mass is 419 g/mol. The number of amides is 1. The first-order valence-corrected chi connectivity index (χ1v) is 10.5. The highest BCUT2D eigenvalue weighted by Crippen LogP contribution is 2.34. The number of phenolic OH excluding ortho intramolecular Hbond substituents is 1. The molecule has 2 N–H and O–H groups in total. The van der Waals surface area contributed by atoms with Gasteiger partial charge in [-0.15, -0.1) is 10.2 Å². The van der Waals surface area contributed by atoms with E-state index in [1.807, 2.05) is 23.1 Å². The lowest BCUT2D eigenvalue weighted by molar-refractivity contribution is -0.125. The lowest BCUT2D eigenvalue weighted by Gasteiger charge is -2.34. The molecular formula is C23H25N5O3. The van der Waals surface area contributed by atoms with Gasteiger partial charge >= 0.3 is 0 Å².